The number of hydrogen-bond acceptors (Lipinski definition) is 2. The summed E-state index contributed by atoms with van der Waals surface area (Å²) in [6.07, 6.45) is 4.73. The van der Waals surface area contributed by atoms with Crippen LogP contribution in [0.25, 0.3) is 0 Å². The third-order valence-corrected chi connectivity index (χ3v) is 5.01. The van der Waals surface area contributed by atoms with Crippen LogP contribution in [0.15, 0.2) is 18.2 Å². The minimum Gasteiger partial charge on any atom is -0.341 e. The molecule has 3 rings (SSSR count). The molecular formula is C17H20Cl2N2O2. The Balaban J connectivity index is 1.82. The number of carbonyl (C=O) groups is 2. The molecule has 2 fully saturated rings. The van der Waals surface area contributed by atoms with Crippen LogP contribution in [0.1, 0.15) is 42.5 Å². The highest BCUT2D eigenvalue weighted by Crippen LogP contribution is 2.25. The van der Waals surface area contributed by atoms with Crippen molar-refractivity contribution in [1.29, 1.82) is 0 Å². The van der Waals surface area contributed by atoms with Crippen molar-refractivity contribution in [2.24, 2.45) is 0 Å². The van der Waals surface area contributed by atoms with Gasteiger partial charge in [0.05, 0.1) is 0 Å². The van der Waals surface area contributed by atoms with E-state index in [0.29, 0.717) is 22.2 Å². The first kappa shape index (κ1) is 16.6. The van der Waals surface area contributed by atoms with Crippen LogP contribution in [-0.4, -0.2) is 47.3 Å². The Hall–Kier alpha value is -1.26. The zero-order chi connectivity index (χ0) is 16.4. The molecule has 23 heavy (non-hydrogen) atoms. The topological polar surface area (TPSA) is 40.6 Å². The predicted octanol–water partition coefficient (Wildman–Crippen LogP) is 3.61. The van der Waals surface area contributed by atoms with Gasteiger partial charge >= 0.3 is 0 Å². The lowest BCUT2D eigenvalue weighted by atomic mass is 9.99. The molecule has 124 valence electrons. The molecule has 0 bridgehead atoms. The average Bonchev–Trinajstić information content (AvgIpc) is 3.07. The number of nitrogens with zero attached hydrogens (tertiary/aromatic N) is 2. The van der Waals surface area contributed by atoms with Crippen molar-refractivity contribution in [2.75, 3.05) is 19.6 Å². The minimum absolute atomic E-state index is 0.0867. The van der Waals surface area contributed by atoms with Gasteiger partial charge in [0.1, 0.15) is 6.04 Å². The molecule has 2 saturated heterocycles. The summed E-state index contributed by atoms with van der Waals surface area (Å²) in [5.41, 5.74) is 0.448. The van der Waals surface area contributed by atoms with Gasteiger partial charge in [0.2, 0.25) is 5.91 Å². The van der Waals surface area contributed by atoms with Crippen LogP contribution >= 0.6 is 23.2 Å². The number of piperidine rings is 1. The molecule has 6 heteroatoms. The van der Waals surface area contributed by atoms with Gasteiger partial charge in [0.15, 0.2) is 0 Å². The molecule has 0 saturated carbocycles. The highest BCUT2D eigenvalue weighted by atomic mass is 35.5. The molecule has 2 aliphatic rings. The summed E-state index contributed by atoms with van der Waals surface area (Å²) in [7, 11) is 0. The second-order valence-electron chi connectivity index (χ2n) is 6.20. The summed E-state index contributed by atoms with van der Waals surface area (Å²) < 4.78 is 0. The largest absolute Gasteiger partial charge is 0.341 e. The molecule has 2 heterocycles. The molecule has 1 atom stereocenters. The molecule has 2 aliphatic heterocycles. The smallest absolute Gasteiger partial charge is 0.254 e. The average molecular weight is 355 g/mol. The lowest BCUT2D eigenvalue weighted by molar-refractivity contribution is -0.136. The van der Waals surface area contributed by atoms with Crippen molar-refractivity contribution < 1.29 is 9.59 Å². The normalized spacial score (nSPS) is 21.6. The molecule has 1 aromatic rings. The van der Waals surface area contributed by atoms with E-state index in [9.17, 15) is 9.59 Å². The van der Waals surface area contributed by atoms with E-state index in [-0.39, 0.29) is 17.9 Å². The number of benzene rings is 1. The lowest BCUT2D eigenvalue weighted by Gasteiger charge is -2.36. The van der Waals surface area contributed by atoms with E-state index in [1.54, 1.807) is 23.1 Å². The van der Waals surface area contributed by atoms with E-state index in [1.165, 1.54) is 0 Å². The Morgan fingerprint density at radius 3 is 2.17 bits per heavy atom. The van der Waals surface area contributed by atoms with Crippen LogP contribution in [0.4, 0.5) is 0 Å². The van der Waals surface area contributed by atoms with Gasteiger partial charge in [0.25, 0.3) is 5.91 Å². The Labute approximate surface area is 146 Å². The molecule has 4 nitrogen and oxygen atoms in total. The van der Waals surface area contributed by atoms with Crippen LogP contribution in [0.2, 0.25) is 10.0 Å². The summed E-state index contributed by atoms with van der Waals surface area (Å²) >= 11 is 12.0. The Kier molecular flexibility index (Phi) is 5.12. The number of likely N-dealkylation sites (tertiary alicyclic amines) is 2. The molecule has 0 N–H and O–H groups in total. The second kappa shape index (κ2) is 7.10. The van der Waals surface area contributed by atoms with Crippen molar-refractivity contribution in [3.05, 3.63) is 33.8 Å². The van der Waals surface area contributed by atoms with Crippen LogP contribution in [0.3, 0.4) is 0 Å². The van der Waals surface area contributed by atoms with Gasteiger partial charge in [-0.3, -0.25) is 9.59 Å². The fraction of sp³-hybridized carbons (Fsp3) is 0.529. The number of rotatable bonds is 2. The summed E-state index contributed by atoms with van der Waals surface area (Å²) in [5.74, 6) is -0.0738. The van der Waals surface area contributed by atoms with E-state index < -0.39 is 0 Å². The highest BCUT2D eigenvalue weighted by Gasteiger charge is 2.35. The first-order valence-electron chi connectivity index (χ1n) is 8.12. The fourth-order valence-electron chi connectivity index (χ4n) is 3.42. The lowest BCUT2D eigenvalue weighted by Crippen LogP contribution is -2.52. The van der Waals surface area contributed by atoms with Crippen molar-refractivity contribution in [3.63, 3.8) is 0 Å². The first-order valence-corrected chi connectivity index (χ1v) is 8.88. The molecule has 0 aliphatic carbocycles. The molecule has 0 spiro atoms. The van der Waals surface area contributed by atoms with E-state index in [2.05, 4.69) is 0 Å². The zero-order valence-corrected chi connectivity index (χ0v) is 14.4. The van der Waals surface area contributed by atoms with Crippen LogP contribution in [0.5, 0.6) is 0 Å². The van der Waals surface area contributed by atoms with Crippen molar-refractivity contribution in [3.8, 4) is 0 Å². The van der Waals surface area contributed by atoms with Gasteiger partial charge in [-0.05, 0) is 50.3 Å². The molecule has 0 radical (unpaired) electrons. The maximum absolute atomic E-state index is 12.9. The standard InChI is InChI=1S/C17H20Cl2N2O2/c18-13-9-12(10-14(19)11-13)16(22)21-8-2-1-5-15(21)17(23)20-6-3-4-7-20/h9-11,15H,1-8H2. The maximum atomic E-state index is 12.9. The van der Waals surface area contributed by atoms with Crippen LogP contribution in [-0.2, 0) is 4.79 Å². The quantitative estimate of drug-likeness (QED) is 0.813. The van der Waals surface area contributed by atoms with Crippen molar-refractivity contribution in [2.45, 2.75) is 38.1 Å². The molecule has 1 aromatic carbocycles. The van der Waals surface area contributed by atoms with Crippen LogP contribution < -0.4 is 0 Å². The Morgan fingerprint density at radius 2 is 1.52 bits per heavy atom. The highest BCUT2D eigenvalue weighted by molar-refractivity contribution is 6.35. The summed E-state index contributed by atoms with van der Waals surface area (Å²) in [5, 5.41) is 0.862. The SMILES string of the molecule is O=C(C1CCCCN1C(=O)c1cc(Cl)cc(Cl)c1)N1CCCC1. The van der Waals surface area contributed by atoms with Crippen LogP contribution in [0, 0.1) is 0 Å². The first-order chi connectivity index (χ1) is 11.1. The minimum atomic E-state index is -0.355. The molecule has 0 aromatic heterocycles. The number of carbonyl (C=O) groups excluding carboxylic acids is 2. The Morgan fingerprint density at radius 1 is 0.913 bits per heavy atom. The Bertz CT molecular complexity index is 594. The zero-order valence-electron chi connectivity index (χ0n) is 12.9. The fourth-order valence-corrected chi connectivity index (χ4v) is 3.95. The molecule has 2 amide bonds. The molecular weight excluding hydrogens is 335 g/mol. The van der Waals surface area contributed by atoms with Gasteiger partial charge in [-0.2, -0.15) is 0 Å². The van der Waals surface area contributed by atoms with Gasteiger partial charge in [0, 0.05) is 35.2 Å². The summed E-state index contributed by atoms with van der Waals surface area (Å²) in [6, 6.07) is 4.47. The summed E-state index contributed by atoms with van der Waals surface area (Å²) in [6.45, 7) is 2.22. The maximum Gasteiger partial charge on any atom is 0.254 e. The third-order valence-electron chi connectivity index (χ3n) is 4.58. The van der Waals surface area contributed by atoms with Gasteiger partial charge < -0.3 is 9.80 Å². The van der Waals surface area contributed by atoms with E-state index in [1.807, 2.05) is 4.90 Å². The number of hydrogen-bond donors (Lipinski definition) is 0. The molecule has 1 unspecified atom stereocenters. The van der Waals surface area contributed by atoms with Crippen molar-refractivity contribution >= 4 is 35.0 Å². The number of amides is 2. The third kappa shape index (κ3) is 3.64. The monoisotopic (exact) mass is 354 g/mol. The van der Waals surface area contributed by atoms with E-state index >= 15 is 0 Å². The van der Waals surface area contributed by atoms with Crippen molar-refractivity contribution in [1.82, 2.24) is 9.80 Å². The second-order valence-corrected chi connectivity index (χ2v) is 7.07. The predicted molar refractivity (Wildman–Crippen MR) is 91.0 cm³/mol. The van der Waals surface area contributed by atoms with E-state index in [0.717, 1.165) is 45.2 Å². The summed E-state index contributed by atoms with van der Waals surface area (Å²) in [4.78, 5) is 29.2. The van der Waals surface area contributed by atoms with Gasteiger partial charge in [-0.15, -0.1) is 0 Å². The van der Waals surface area contributed by atoms with Gasteiger partial charge in [-0.25, -0.2) is 0 Å². The van der Waals surface area contributed by atoms with Gasteiger partial charge in [-0.1, -0.05) is 23.2 Å². The van der Waals surface area contributed by atoms with E-state index in [4.69, 9.17) is 23.2 Å². The number of halogens is 2.